The Labute approximate surface area is 196 Å². The minimum Gasteiger partial charge on any atom is -0.355 e. The summed E-state index contributed by atoms with van der Waals surface area (Å²) in [6.45, 7) is 4.58. The van der Waals surface area contributed by atoms with Crippen molar-refractivity contribution < 1.29 is 9.18 Å². The molecular weight excluding hydrogens is 443 g/mol. The number of anilines is 1. The molecule has 0 unspecified atom stereocenters. The van der Waals surface area contributed by atoms with E-state index in [9.17, 15) is 9.18 Å². The lowest BCUT2D eigenvalue weighted by molar-refractivity contribution is -0.132. The first-order valence-electron chi connectivity index (χ1n) is 11.3. The third-order valence-electron chi connectivity index (χ3n) is 7.19. The van der Waals surface area contributed by atoms with Crippen molar-refractivity contribution in [2.75, 3.05) is 18.0 Å². The lowest BCUT2D eigenvalue weighted by atomic mass is 9.57. The molecule has 9 heteroatoms. The normalized spacial score (nSPS) is 18.9. The molecule has 170 valence electrons. The molecule has 6 rings (SSSR count). The van der Waals surface area contributed by atoms with Crippen LogP contribution in [0.25, 0.3) is 5.69 Å². The van der Waals surface area contributed by atoms with Crippen LogP contribution in [0.15, 0.2) is 36.4 Å². The van der Waals surface area contributed by atoms with E-state index in [-0.39, 0.29) is 11.3 Å². The van der Waals surface area contributed by atoms with E-state index in [1.54, 1.807) is 6.07 Å². The van der Waals surface area contributed by atoms with Crippen molar-refractivity contribution in [2.45, 2.75) is 45.2 Å². The van der Waals surface area contributed by atoms with E-state index in [2.05, 4.69) is 24.6 Å². The van der Waals surface area contributed by atoms with Crippen molar-refractivity contribution in [3.63, 3.8) is 0 Å². The number of hydrogen-bond acceptors (Lipinski definition) is 5. The predicted octanol–water partition coefficient (Wildman–Crippen LogP) is 4.09. The molecule has 1 saturated heterocycles. The monoisotopic (exact) mass is 466 g/mol. The van der Waals surface area contributed by atoms with Crippen molar-refractivity contribution >= 4 is 23.3 Å². The van der Waals surface area contributed by atoms with Gasteiger partial charge in [-0.1, -0.05) is 24.6 Å². The van der Waals surface area contributed by atoms with Crippen molar-refractivity contribution in [1.82, 2.24) is 24.6 Å². The van der Waals surface area contributed by atoms with Crippen LogP contribution >= 0.6 is 11.6 Å². The molecule has 0 N–H and O–H groups in total. The number of halogens is 2. The van der Waals surface area contributed by atoms with Crippen LogP contribution in [0.5, 0.6) is 0 Å². The summed E-state index contributed by atoms with van der Waals surface area (Å²) in [5.74, 6) is 2.38. The Bertz CT molecular complexity index is 1250. The van der Waals surface area contributed by atoms with Crippen LogP contribution in [-0.4, -0.2) is 43.6 Å². The quantitative estimate of drug-likeness (QED) is 0.544. The fraction of sp³-hybridized carbons (Fsp3) is 0.417. The van der Waals surface area contributed by atoms with Crippen LogP contribution in [-0.2, 0) is 17.9 Å². The lowest BCUT2D eigenvalue weighted by Crippen LogP contribution is -2.62. The van der Waals surface area contributed by atoms with Gasteiger partial charge < -0.3 is 9.80 Å². The average Bonchev–Trinajstić information content (AvgIpc) is 3.06. The Morgan fingerprint density at radius 1 is 1.18 bits per heavy atom. The van der Waals surface area contributed by atoms with Gasteiger partial charge in [0.1, 0.15) is 11.6 Å². The zero-order valence-corrected chi connectivity index (χ0v) is 19.1. The first-order chi connectivity index (χ1) is 15.9. The summed E-state index contributed by atoms with van der Waals surface area (Å²) in [5.41, 5.74) is 2.23. The highest BCUT2D eigenvalue weighted by Crippen LogP contribution is 2.56. The number of carbonyl (C=O) groups excluding carboxylic acids is 1. The second-order valence-electron chi connectivity index (χ2n) is 9.47. The molecule has 3 aromatic rings. The van der Waals surface area contributed by atoms with Gasteiger partial charge in [0.2, 0.25) is 11.9 Å². The van der Waals surface area contributed by atoms with Crippen LogP contribution in [0.3, 0.4) is 0 Å². The molecule has 1 amide bonds. The minimum atomic E-state index is -0.444. The third-order valence-corrected chi connectivity index (χ3v) is 7.42. The molecule has 0 atom stereocenters. The molecular formula is C24H24ClFN6O. The molecule has 1 aromatic carbocycles. The molecule has 7 nitrogen and oxygen atoms in total. The van der Waals surface area contributed by atoms with Gasteiger partial charge in [0.15, 0.2) is 5.82 Å². The number of rotatable bonds is 3. The van der Waals surface area contributed by atoms with Crippen LogP contribution in [0.1, 0.15) is 49.3 Å². The fourth-order valence-corrected chi connectivity index (χ4v) is 5.81. The Balaban J connectivity index is 1.25. The smallest absolute Gasteiger partial charge is 0.222 e. The van der Waals surface area contributed by atoms with E-state index in [1.807, 2.05) is 36.1 Å². The largest absolute Gasteiger partial charge is 0.355 e. The van der Waals surface area contributed by atoms with Crippen LogP contribution < -0.4 is 4.90 Å². The molecule has 4 heterocycles. The van der Waals surface area contributed by atoms with Crippen LogP contribution in [0.2, 0.25) is 5.02 Å². The van der Waals surface area contributed by atoms with Gasteiger partial charge in [-0.15, -0.1) is 10.2 Å². The minimum absolute atomic E-state index is 0.0852. The summed E-state index contributed by atoms with van der Waals surface area (Å²) in [6, 6.07) is 10.7. The Kier molecular flexibility index (Phi) is 4.69. The van der Waals surface area contributed by atoms with E-state index in [4.69, 9.17) is 11.6 Å². The first-order valence-corrected chi connectivity index (χ1v) is 11.7. The van der Waals surface area contributed by atoms with Gasteiger partial charge in [-0.3, -0.25) is 9.36 Å². The van der Waals surface area contributed by atoms with Crippen LogP contribution in [0.4, 0.5) is 10.2 Å². The topological polar surface area (TPSA) is 67.2 Å². The molecule has 2 aliphatic heterocycles. The van der Waals surface area contributed by atoms with Gasteiger partial charge in [-0.25, -0.2) is 4.98 Å². The van der Waals surface area contributed by atoms with Crippen molar-refractivity contribution in [3.8, 4) is 5.69 Å². The number of fused-ring (bicyclic) bond motifs is 3. The van der Waals surface area contributed by atoms with Gasteiger partial charge in [0.25, 0.3) is 0 Å². The Morgan fingerprint density at radius 3 is 2.76 bits per heavy atom. The van der Waals surface area contributed by atoms with Gasteiger partial charge in [-0.05, 0) is 48.7 Å². The van der Waals surface area contributed by atoms with E-state index < -0.39 is 5.95 Å². The molecule has 1 spiro atoms. The van der Waals surface area contributed by atoms with Gasteiger partial charge in [0, 0.05) is 42.4 Å². The van der Waals surface area contributed by atoms with Crippen molar-refractivity contribution in [1.29, 1.82) is 0 Å². The zero-order valence-electron chi connectivity index (χ0n) is 18.3. The lowest BCUT2D eigenvalue weighted by Gasteiger charge is -2.59. The number of amides is 1. The number of pyridine rings is 1. The summed E-state index contributed by atoms with van der Waals surface area (Å²) in [5, 5.41) is 9.73. The number of aromatic nitrogens is 4. The van der Waals surface area contributed by atoms with Crippen molar-refractivity contribution in [2.24, 2.45) is 5.41 Å². The van der Waals surface area contributed by atoms with Crippen molar-refractivity contribution in [3.05, 3.63) is 64.6 Å². The second kappa shape index (κ2) is 7.52. The maximum Gasteiger partial charge on any atom is 0.222 e. The van der Waals surface area contributed by atoms with Gasteiger partial charge in [-0.2, -0.15) is 4.39 Å². The molecule has 0 radical (unpaired) electrons. The van der Waals surface area contributed by atoms with E-state index in [0.29, 0.717) is 36.3 Å². The second-order valence-corrected chi connectivity index (χ2v) is 9.90. The molecule has 0 bridgehead atoms. The highest BCUT2D eigenvalue weighted by Gasteiger charge is 2.54. The number of carbonyl (C=O) groups is 1. The Hall–Kier alpha value is -3.00. The maximum atomic E-state index is 13.5. The standard InChI is InChI=1S/C24H24ClFN6O/c1-2-22(33)30-11-15-8-17(25)6-7-18(15)32-21(12-30)28-29-23(32)16-9-24(10-16)13-31(14-24)20-5-3-4-19(26)27-20/h3-8,16H,2,9-14H2,1H3. The van der Waals surface area contributed by atoms with Gasteiger partial charge >= 0.3 is 0 Å². The maximum absolute atomic E-state index is 13.5. The molecule has 1 aliphatic carbocycles. The molecule has 33 heavy (non-hydrogen) atoms. The summed E-state index contributed by atoms with van der Waals surface area (Å²) >= 11 is 6.29. The summed E-state index contributed by atoms with van der Waals surface area (Å²) in [6.07, 6.45) is 2.47. The fourth-order valence-electron chi connectivity index (χ4n) is 5.62. The Morgan fingerprint density at radius 2 is 2.00 bits per heavy atom. The van der Waals surface area contributed by atoms with Crippen LogP contribution in [0, 0.1) is 11.4 Å². The number of nitrogens with zero attached hydrogens (tertiary/aromatic N) is 6. The van der Waals surface area contributed by atoms with Gasteiger partial charge in [0.05, 0.1) is 12.2 Å². The SMILES string of the molecule is CCC(=O)N1Cc2cc(Cl)ccc2-n2c(nnc2C2CC3(C2)CN(c2cccc(F)n2)C3)C1. The molecule has 1 saturated carbocycles. The molecule has 2 aromatic heterocycles. The summed E-state index contributed by atoms with van der Waals surface area (Å²) < 4.78 is 15.6. The van der Waals surface area contributed by atoms with E-state index >= 15 is 0 Å². The number of benzene rings is 1. The zero-order chi connectivity index (χ0) is 22.7. The highest BCUT2D eigenvalue weighted by molar-refractivity contribution is 6.30. The third kappa shape index (κ3) is 3.39. The number of hydrogen-bond donors (Lipinski definition) is 0. The highest BCUT2D eigenvalue weighted by atomic mass is 35.5. The van der Waals surface area contributed by atoms with E-state index in [1.165, 1.54) is 6.07 Å². The predicted molar refractivity (Wildman–Crippen MR) is 122 cm³/mol. The average molecular weight is 467 g/mol. The first kappa shape index (κ1) is 20.6. The molecule has 3 aliphatic rings. The van der Waals surface area contributed by atoms with E-state index in [0.717, 1.165) is 48.8 Å². The summed E-state index contributed by atoms with van der Waals surface area (Å²) in [4.78, 5) is 20.5. The molecule has 2 fully saturated rings. The summed E-state index contributed by atoms with van der Waals surface area (Å²) in [7, 11) is 0.